The maximum atomic E-state index is 12.1. The van der Waals surface area contributed by atoms with Crippen molar-refractivity contribution < 1.29 is 9.53 Å². The van der Waals surface area contributed by atoms with Gasteiger partial charge in [0.05, 0.1) is 22.8 Å². The van der Waals surface area contributed by atoms with Crippen molar-refractivity contribution in [2.24, 2.45) is 0 Å². The Balaban J connectivity index is 1.67. The van der Waals surface area contributed by atoms with Gasteiger partial charge in [0.15, 0.2) is 5.13 Å². The first-order chi connectivity index (χ1) is 12.5. The second kappa shape index (κ2) is 8.36. The van der Waals surface area contributed by atoms with E-state index < -0.39 is 0 Å². The Bertz CT molecular complexity index is 970. The Morgan fingerprint density at radius 2 is 2.04 bits per heavy atom. The van der Waals surface area contributed by atoms with Gasteiger partial charge < -0.3 is 4.74 Å². The lowest BCUT2D eigenvalue weighted by atomic mass is 10.2. The van der Waals surface area contributed by atoms with E-state index in [1.54, 1.807) is 31.4 Å². The van der Waals surface area contributed by atoms with Gasteiger partial charge in [-0.2, -0.15) is 0 Å². The third-order valence-corrected chi connectivity index (χ3v) is 4.97. The first kappa shape index (κ1) is 18.5. The van der Waals surface area contributed by atoms with E-state index in [4.69, 9.17) is 27.9 Å². The van der Waals surface area contributed by atoms with Crippen molar-refractivity contribution in [2.45, 2.75) is 0 Å². The van der Waals surface area contributed by atoms with Crippen LogP contribution in [-0.4, -0.2) is 18.0 Å². The minimum atomic E-state index is -0.275. The van der Waals surface area contributed by atoms with Crippen LogP contribution in [0.1, 0.15) is 5.56 Å². The third-order valence-electron chi connectivity index (χ3n) is 3.47. The van der Waals surface area contributed by atoms with E-state index in [2.05, 4.69) is 10.3 Å². The van der Waals surface area contributed by atoms with Crippen LogP contribution in [0.4, 0.5) is 5.13 Å². The topological polar surface area (TPSA) is 51.2 Å². The number of amides is 1. The first-order valence-electron chi connectivity index (χ1n) is 7.59. The van der Waals surface area contributed by atoms with Gasteiger partial charge in [-0.25, -0.2) is 4.98 Å². The summed E-state index contributed by atoms with van der Waals surface area (Å²) in [6.45, 7) is 0. The lowest BCUT2D eigenvalue weighted by Gasteiger charge is -2.01. The van der Waals surface area contributed by atoms with E-state index in [1.807, 2.05) is 29.6 Å². The molecule has 3 aromatic rings. The Morgan fingerprint density at radius 3 is 2.81 bits per heavy atom. The number of methoxy groups -OCH3 is 1. The highest BCUT2D eigenvalue weighted by atomic mass is 35.5. The van der Waals surface area contributed by atoms with Gasteiger partial charge in [0, 0.05) is 17.0 Å². The molecule has 3 rings (SSSR count). The van der Waals surface area contributed by atoms with Gasteiger partial charge in [0.25, 0.3) is 0 Å². The monoisotopic (exact) mass is 404 g/mol. The van der Waals surface area contributed by atoms with Crippen molar-refractivity contribution >= 4 is 51.7 Å². The molecule has 0 aliphatic heterocycles. The normalized spacial score (nSPS) is 10.9. The van der Waals surface area contributed by atoms with Crippen LogP contribution in [0, 0.1) is 0 Å². The number of ether oxygens (including phenoxy) is 1. The molecule has 26 heavy (non-hydrogen) atoms. The van der Waals surface area contributed by atoms with Crippen molar-refractivity contribution in [1.82, 2.24) is 4.98 Å². The van der Waals surface area contributed by atoms with Gasteiger partial charge in [-0.15, -0.1) is 11.3 Å². The molecule has 0 fully saturated rings. The molecule has 0 saturated heterocycles. The third kappa shape index (κ3) is 4.64. The number of nitrogens with one attached hydrogen (secondary N) is 1. The highest BCUT2D eigenvalue weighted by Gasteiger charge is 2.07. The standard InChI is InChI=1S/C19H14Cl2N2O2S/c1-25-14-4-2-3-13(10-14)17-11-26-19(22-17)23-18(24)8-6-12-5-7-15(20)16(21)9-12/h2-11H,1H3,(H,22,23,24)/b8-6+. The number of carbonyl (C=O) groups excluding carboxylic acids is 1. The second-order valence-electron chi connectivity index (χ2n) is 5.27. The van der Waals surface area contributed by atoms with Crippen LogP contribution >= 0.6 is 34.5 Å². The summed E-state index contributed by atoms with van der Waals surface area (Å²) in [5, 5.41) is 6.07. The number of benzene rings is 2. The number of rotatable bonds is 5. The summed E-state index contributed by atoms with van der Waals surface area (Å²) in [7, 11) is 1.62. The largest absolute Gasteiger partial charge is 0.497 e. The molecule has 0 bridgehead atoms. The smallest absolute Gasteiger partial charge is 0.250 e. The minimum Gasteiger partial charge on any atom is -0.497 e. The predicted octanol–water partition coefficient (Wildman–Crippen LogP) is 5.78. The lowest BCUT2D eigenvalue weighted by molar-refractivity contribution is -0.111. The number of carbonyl (C=O) groups is 1. The Kier molecular flexibility index (Phi) is 5.93. The quantitative estimate of drug-likeness (QED) is 0.548. The first-order valence-corrected chi connectivity index (χ1v) is 9.23. The van der Waals surface area contributed by atoms with E-state index in [0.717, 1.165) is 22.6 Å². The Labute approximate surface area is 165 Å². The fourth-order valence-corrected chi connectivity index (χ4v) is 3.21. The summed E-state index contributed by atoms with van der Waals surface area (Å²) in [4.78, 5) is 16.5. The van der Waals surface area contributed by atoms with Gasteiger partial charge >= 0.3 is 0 Å². The van der Waals surface area contributed by atoms with E-state index >= 15 is 0 Å². The second-order valence-corrected chi connectivity index (χ2v) is 6.94. The zero-order valence-corrected chi connectivity index (χ0v) is 16.0. The van der Waals surface area contributed by atoms with E-state index in [0.29, 0.717) is 15.2 Å². The summed E-state index contributed by atoms with van der Waals surface area (Å²) in [5.74, 6) is 0.480. The number of thiazole rings is 1. The molecule has 132 valence electrons. The summed E-state index contributed by atoms with van der Waals surface area (Å²) >= 11 is 13.2. The highest BCUT2D eigenvalue weighted by Crippen LogP contribution is 2.27. The molecule has 7 heteroatoms. The van der Waals surface area contributed by atoms with Crippen LogP contribution in [0.15, 0.2) is 53.9 Å². The molecule has 1 heterocycles. The van der Waals surface area contributed by atoms with Gasteiger partial charge in [0.2, 0.25) is 5.91 Å². The number of anilines is 1. The molecular weight excluding hydrogens is 391 g/mol. The molecule has 0 aliphatic carbocycles. The zero-order valence-electron chi connectivity index (χ0n) is 13.7. The van der Waals surface area contributed by atoms with E-state index in [-0.39, 0.29) is 5.91 Å². The fourth-order valence-electron chi connectivity index (χ4n) is 2.18. The molecular formula is C19H14Cl2N2O2S. The summed E-state index contributed by atoms with van der Waals surface area (Å²) in [5.41, 5.74) is 2.48. The molecule has 0 unspecified atom stereocenters. The van der Waals surface area contributed by atoms with Crippen LogP contribution in [0.25, 0.3) is 17.3 Å². The SMILES string of the molecule is COc1cccc(-c2csc(NC(=O)/C=C/c3ccc(Cl)c(Cl)c3)n2)c1. The number of nitrogens with zero attached hydrogens (tertiary/aromatic N) is 1. The molecule has 0 atom stereocenters. The lowest BCUT2D eigenvalue weighted by Crippen LogP contribution is -2.07. The fraction of sp³-hybridized carbons (Fsp3) is 0.0526. The zero-order chi connectivity index (χ0) is 18.5. The Morgan fingerprint density at radius 1 is 1.19 bits per heavy atom. The van der Waals surface area contributed by atoms with Crippen LogP contribution < -0.4 is 10.1 Å². The number of aromatic nitrogens is 1. The number of hydrogen-bond acceptors (Lipinski definition) is 4. The van der Waals surface area contributed by atoms with Gasteiger partial charge in [-0.1, -0.05) is 41.4 Å². The number of hydrogen-bond donors (Lipinski definition) is 1. The average molecular weight is 405 g/mol. The molecule has 0 aliphatic rings. The molecule has 1 amide bonds. The molecule has 0 spiro atoms. The molecule has 1 N–H and O–H groups in total. The van der Waals surface area contributed by atoms with Crippen LogP contribution in [-0.2, 0) is 4.79 Å². The molecule has 0 saturated carbocycles. The summed E-state index contributed by atoms with van der Waals surface area (Å²) in [6.07, 6.45) is 3.08. The number of halogens is 2. The summed E-state index contributed by atoms with van der Waals surface area (Å²) < 4.78 is 5.22. The van der Waals surface area contributed by atoms with Crippen molar-refractivity contribution in [3.05, 3.63) is 69.5 Å². The van der Waals surface area contributed by atoms with E-state index in [1.165, 1.54) is 17.4 Å². The van der Waals surface area contributed by atoms with Gasteiger partial charge in [-0.3, -0.25) is 10.1 Å². The van der Waals surface area contributed by atoms with Crippen LogP contribution in [0.5, 0.6) is 5.75 Å². The molecule has 1 aromatic heterocycles. The van der Waals surface area contributed by atoms with Gasteiger partial charge in [0.1, 0.15) is 5.75 Å². The van der Waals surface area contributed by atoms with E-state index in [9.17, 15) is 4.79 Å². The predicted molar refractivity (Wildman–Crippen MR) is 108 cm³/mol. The minimum absolute atomic E-state index is 0.275. The molecule has 0 radical (unpaired) electrons. The van der Waals surface area contributed by atoms with Crippen LogP contribution in [0.3, 0.4) is 0 Å². The Hall–Kier alpha value is -2.34. The molecule has 2 aromatic carbocycles. The van der Waals surface area contributed by atoms with Crippen molar-refractivity contribution in [3.63, 3.8) is 0 Å². The molecule has 4 nitrogen and oxygen atoms in total. The van der Waals surface area contributed by atoms with Crippen molar-refractivity contribution in [1.29, 1.82) is 0 Å². The van der Waals surface area contributed by atoms with Crippen molar-refractivity contribution in [3.8, 4) is 17.0 Å². The van der Waals surface area contributed by atoms with Gasteiger partial charge in [-0.05, 0) is 35.9 Å². The maximum Gasteiger partial charge on any atom is 0.250 e. The maximum absolute atomic E-state index is 12.1. The van der Waals surface area contributed by atoms with Crippen LogP contribution in [0.2, 0.25) is 10.0 Å². The average Bonchev–Trinajstić information content (AvgIpc) is 3.11. The highest BCUT2D eigenvalue weighted by molar-refractivity contribution is 7.14. The van der Waals surface area contributed by atoms with Crippen molar-refractivity contribution in [2.75, 3.05) is 12.4 Å². The summed E-state index contributed by atoms with van der Waals surface area (Å²) in [6, 6.07) is 12.7.